The van der Waals surface area contributed by atoms with E-state index in [1.807, 2.05) is 30.0 Å². The number of rotatable bonds is 5. The van der Waals surface area contributed by atoms with Crippen molar-refractivity contribution in [1.82, 2.24) is 4.90 Å². The third-order valence-electron chi connectivity index (χ3n) is 5.40. The Hall–Kier alpha value is -2.53. The number of hydrogen-bond donors (Lipinski definition) is 0. The maximum Gasteiger partial charge on any atom is 0.248 e. The summed E-state index contributed by atoms with van der Waals surface area (Å²) >= 11 is 0. The number of hydrogen-bond acceptors (Lipinski definition) is 4. The van der Waals surface area contributed by atoms with E-state index in [0.29, 0.717) is 18.8 Å². The minimum atomic E-state index is -0.142. The quantitative estimate of drug-likeness (QED) is 0.815. The summed E-state index contributed by atoms with van der Waals surface area (Å²) in [7, 11) is 1.65. The molecule has 2 aromatic rings. The van der Waals surface area contributed by atoms with Crippen molar-refractivity contribution in [3.8, 4) is 11.5 Å². The highest BCUT2D eigenvalue weighted by Gasteiger charge is 2.28. The van der Waals surface area contributed by atoms with Gasteiger partial charge in [-0.3, -0.25) is 4.79 Å². The summed E-state index contributed by atoms with van der Waals surface area (Å²) < 4.78 is 17.6. The van der Waals surface area contributed by atoms with Gasteiger partial charge in [0.25, 0.3) is 0 Å². The summed E-state index contributed by atoms with van der Waals surface area (Å²) in [5.41, 5.74) is 3.71. The SMILES string of the molecule is CCN1CC(c2ccc(OC)c(OC3Cc4ccccc4C3)c2)OCC1=O. The Morgan fingerprint density at radius 1 is 1.11 bits per heavy atom. The van der Waals surface area contributed by atoms with Crippen LogP contribution in [0.1, 0.15) is 29.7 Å². The van der Waals surface area contributed by atoms with E-state index in [9.17, 15) is 4.79 Å². The molecular weight excluding hydrogens is 342 g/mol. The van der Waals surface area contributed by atoms with Gasteiger partial charge in [-0.25, -0.2) is 0 Å². The lowest BCUT2D eigenvalue weighted by atomic mass is 10.1. The van der Waals surface area contributed by atoms with Gasteiger partial charge in [-0.2, -0.15) is 0 Å². The van der Waals surface area contributed by atoms with Crippen LogP contribution in [0.3, 0.4) is 0 Å². The molecule has 1 saturated heterocycles. The topological polar surface area (TPSA) is 48.0 Å². The molecule has 0 aromatic heterocycles. The Labute approximate surface area is 159 Å². The standard InChI is InChI=1S/C22H25NO4/c1-3-23-13-21(26-14-22(23)24)17-8-9-19(25-2)20(12-17)27-18-10-15-6-4-5-7-16(15)11-18/h4-9,12,18,21H,3,10-11,13-14H2,1-2H3. The first kappa shape index (κ1) is 17.9. The second-order valence-corrected chi connectivity index (χ2v) is 7.06. The number of nitrogens with zero attached hydrogens (tertiary/aromatic N) is 1. The van der Waals surface area contributed by atoms with Gasteiger partial charge in [-0.15, -0.1) is 0 Å². The lowest BCUT2D eigenvalue weighted by molar-refractivity contribution is -0.148. The number of morpholine rings is 1. The molecule has 5 heteroatoms. The Balaban J connectivity index is 1.52. The van der Waals surface area contributed by atoms with Crippen LogP contribution in [-0.2, 0) is 22.4 Å². The van der Waals surface area contributed by atoms with E-state index in [0.717, 1.165) is 24.2 Å². The summed E-state index contributed by atoms with van der Waals surface area (Å²) in [5, 5.41) is 0. The molecule has 5 nitrogen and oxygen atoms in total. The maximum atomic E-state index is 11.9. The van der Waals surface area contributed by atoms with E-state index >= 15 is 0 Å². The predicted molar refractivity (Wildman–Crippen MR) is 102 cm³/mol. The number of carbonyl (C=O) groups excluding carboxylic acids is 1. The summed E-state index contributed by atoms with van der Waals surface area (Å²) in [5.74, 6) is 1.49. The molecule has 1 unspecified atom stereocenters. The summed E-state index contributed by atoms with van der Waals surface area (Å²) in [6.07, 6.45) is 1.77. The molecule has 1 aliphatic heterocycles. The first-order valence-electron chi connectivity index (χ1n) is 9.48. The molecule has 4 rings (SSSR count). The van der Waals surface area contributed by atoms with Gasteiger partial charge in [-0.1, -0.05) is 30.3 Å². The lowest BCUT2D eigenvalue weighted by Gasteiger charge is -2.32. The number of carbonyl (C=O) groups is 1. The zero-order chi connectivity index (χ0) is 18.8. The Bertz CT molecular complexity index is 810. The fraction of sp³-hybridized carbons (Fsp3) is 0.409. The van der Waals surface area contributed by atoms with E-state index in [-0.39, 0.29) is 24.7 Å². The van der Waals surface area contributed by atoms with Crippen LogP contribution in [0.2, 0.25) is 0 Å². The van der Waals surface area contributed by atoms with E-state index < -0.39 is 0 Å². The van der Waals surface area contributed by atoms with Crippen LogP contribution in [-0.4, -0.2) is 43.7 Å². The second-order valence-electron chi connectivity index (χ2n) is 7.06. The molecule has 27 heavy (non-hydrogen) atoms. The molecule has 0 saturated carbocycles. The third-order valence-corrected chi connectivity index (χ3v) is 5.40. The van der Waals surface area contributed by atoms with Crippen LogP contribution in [0.15, 0.2) is 42.5 Å². The highest BCUT2D eigenvalue weighted by atomic mass is 16.5. The molecule has 142 valence electrons. The fourth-order valence-electron chi connectivity index (χ4n) is 3.89. The van der Waals surface area contributed by atoms with Crippen molar-refractivity contribution in [3.63, 3.8) is 0 Å². The van der Waals surface area contributed by atoms with E-state index in [1.165, 1.54) is 11.1 Å². The number of likely N-dealkylation sites (N-methyl/N-ethyl adjacent to an activating group) is 1. The average molecular weight is 367 g/mol. The molecule has 2 aliphatic rings. The molecule has 2 aromatic carbocycles. The van der Waals surface area contributed by atoms with Crippen LogP contribution >= 0.6 is 0 Å². The van der Waals surface area contributed by atoms with Crippen molar-refractivity contribution in [2.75, 3.05) is 26.8 Å². The van der Waals surface area contributed by atoms with Crippen molar-refractivity contribution in [3.05, 3.63) is 59.2 Å². The molecule has 1 amide bonds. The highest BCUT2D eigenvalue weighted by Crippen LogP contribution is 2.35. The van der Waals surface area contributed by atoms with Crippen molar-refractivity contribution >= 4 is 5.91 Å². The lowest BCUT2D eigenvalue weighted by Crippen LogP contribution is -2.42. The van der Waals surface area contributed by atoms with Crippen molar-refractivity contribution in [1.29, 1.82) is 0 Å². The third kappa shape index (κ3) is 3.65. The number of amides is 1. The van der Waals surface area contributed by atoms with Gasteiger partial charge in [0.05, 0.1) is 13.7 Å². The van der Waals surface area contributed by atoms with E-state index in [1.54, 1.807) is 7.11 Å². The van der Waals surface area contributed by atoms with Crippen LogP contribution in [0.5, 0.6) is 11.5 Å². The molecule has 0 bridgehead atoms. The monoisotopic (exact) mass is 367 g/mol. The van der Waals surface area contributed by atoms with Gasteiger partial charge in [0.1, 0.15) is 18.8 Å². The van der Waals surface area contributed by atoms with Gasteiger partial charge < -0.3 is 19.1 Å². The molecule has 1 fully saturated rings. The molecule has 1 aliphatic carbocycles. The molecular formula is C22H25NO4. The van der Waals surface area contributed by atoms with Crippen molar-refractivity contribution < 1.29 is 19.0 Å². The summed E-state index contributed by atoms with van der Waals surface area (Å²) in [6.45, 7) is 3.37. The highest BCUT2D eigenvalue weighted by molar-refractivity contribution is 5.78. The number of ether oxygens (including phenoxy) is 3. The van der Waals surface area contributed by atoms with Gasteiger partial charge in [-0.05, 0) is 35.7 Å². The van der Waals surface area contributed by atoms with Gasteiger partial charge in [0.15, 0.2) is 11.5 Å². The number of fused-ring (bicyclic) bond motifs is 1. The smallest absolute Gasteiger partial charge is 0.248 e. The number of methoxy groups -OCH3 is 1. The molecule has 1 heterocycles. The summed E-state index contributed by atoms with van der Waals surface area (Å²) in [6, 6.07) is 14.4. The van der Waals surface area contributed by atoms with E-state index in [2.05, 4.69) is 24.3 Å². The zero-order valence-electron chi connectivity index (χ0n) is 15.8. The Morgan fingerprint density at radius 2 is 1.85 bits per heavy atom. The van der Waals surface area contributed by atoms with Gasteiger partial charge in [0.2, 0.25) is 5.91 Å². The minimum Gasteiger partial charge on any atom is -0.493 e. The van der Waals surface area contributed by atoms with Crippen LogP contribution < -0.4 is 9.47 Å². The molecule has 0 spiro atoms. The van der Waals surface area contributed by atoms with Crippen molar-refractivity contribution in [2.45, 2.75) is 32.0 Å². The second kappa shape index (κ2) is 7.61. The van der Waals surface area contributed by atoms with Crippen LogP contribution in [0.4, 0.5) is 0 Å². The first-order chi connectivity index (χ1) is 13.2. The Kier molecular flexibility index (Phi) is 5.03. The van der Waals surface area contributed by atoms with Crippen LogP contribution in [0, 0.1) is 0 Å². The zero-order valence-corrected chi connectivity index (χ0v) is 15.8. The normalized spacial score (nSPS) is 19.9. The number of benzene rings is 2. The summed E-state index contributed by atoms with van der Waals surface area (Å²) in [4.78, 5) is 13.7. The van der Waals surface area contributed by atoms with Crippen LogP contribution in [0.25, 0.3) is 0 Å². The minimum absolute atomic E-state index is 0.0439. The Morgan fingerprint density at radius 3 is 2.52 bits per heavy atom. The van der Waals surface area contributed by atoms with E-state index in [4.69, 9.17) is 14.2 Å². The molecule has 0 N–H and O–H groups in total. The molecule has 1 atom stereocenters. The van der Waals surface area contributed by atoms with Crippen molar-refractivity contribution in [2.24, 2.45) is 0 Å². The van der Waals surface area contributed by atoms with Gasteiger partial charge in [0, 0.05) is 19.4 Å². The largest absolute Gasteiger partial charge is 0.493 e. The first-order valence-corrected chi connectivity index (χ1v) is 9.48. The fourth-order valence-corrected chi connectivity index (χ4v) is 3.89. The average Bonchev–Trinajstić information content (AvgIpc) is 3.10. The predicted octanol–water partition coefficient (Wildman–Crippen LogP) is 3.16. The molecule has 0 radical (unpaired) electrons. The van der Waals surface area contributed by atoms with Gasteiger partial charge >= 0.3 is 0 Å². The maximum absolute atomic E-state index is 11.9.